The van der Waals surface area contributed by atoms with Crippen LogP contribution in [-0.4, -0.2) is 23.0 Å². The monoisotopic (exact) mass is 424 g/mol. The highest BCUT2D eigenvalue weighted by atomic mass is 35.5. The van der Waals surface area contributed by atoms with Crippen LogP contribution in [0.3, 0.4) is 0 Å². The van der Waals surface area contributed by atoms with Crippen molar-refractivity contribution in [2.45, 2.75) is 33.2 Å². The summed E-state index contributed by atoms with van der Waals surface area (Å²) in [7, 11) is 0. The van der Waals surface area contributed by atoms with Crippen LogP contribution < -0.4 is 0 Å². The van der Waals surface area contributed by atoms with E-state index in [2.05, 4.69) is 54.1 Å². The van der Waals surface area contributed by atoms with Crippen LogP contribution in [-0.2, 0) is 6.54 Å². The van der Waals surface area contributed by atoms with Crippen molar-refractivity contribution in [3.05, 3.63) is 87.1 Å². The molecular formula is C25H26Cl2N2. The highest BCUT2D eigenvalue weighted by Crippen LogP contribution is 2.34. The maximum absolute atomic E-state index is 6.43. The Morgan fingerprint density at radius 1 is 1.14 bits per heavy atom. The third-order valence-electron chi connectivity index (χ3n) is 5.84. The normalized spacial score (nSPS) is 18.6. The first-order valence-electron chi connectivity index (χ1n) is 10.2. The molecule has 29 heavy (non-hydrogen) atoms. The number of nitrogens with one attached hydrogen (secondary N) is 1. The van der Waals surface area contributed by atoms with E-state index in [1.165, 1.54) is 33.2 Å². The molecule has 1 fully saturated rings. The van der Waals surface area contributed by atoms with Gasteiger partial charge in [0, 0.05) is 41.4 Å². The first-order valence-corrected chi connectivity index (χ1v) is 11.0. The largest absolute Gasteiger partial charge is 0.361 e. The highest BCUT2D eigenvalue weighted by Gasteiger charge is 2.22. The molecule has 1 saturated heterocycles. The van der Waals surface area contributed by atoms with E-state index in [1.54, 1.807) is 0 Å². The Labute approximate surface area is 182 Å². The van der Waals surface area contributed by atoms with Crippen LogP contribution in [0, 0.1) is 0 Å². The van der Waals surface area contributed by atoms with Gasteiger partial charge < -0.3 is 4.98 Å². The summed E-state index contributed by atoms with van der Waals surface area (Å²) in [6, 6.07) is 14.6. The van der Waals surface area contributed by atoms with Crippen LogP contribution in [0.15, 0.2) is 65.9 Å². The minimum atomic E-state index is 0.736. The summed E-state index contributed by atoms with van der Waals surface area (Å²) in [6.07, 6.45) is 6.35. The number of allylic oxidation sites excluding steroid dienone is 2. The molecule has 0 spiro atoms. The number of benzene rings is 2. The van der Waals surface area contributed by atoms with E-state index in [0.717, 1.165) is 48.1 Å². The number of rotatable bonds is 4. The van der Waals surface area contributed by atoms with Gasteiger partial charge in [0.05, 0.1) is 0 Å². The van der Waals surface area contributed by atoms with Gasteiger partial charge in [-0.3, -0.25) is 4.90 Å². The average Bonchev–Trinajstić information content (AvgIpc) is 3.20. The van der Waals surface area contributed by atoms with Crippen LogP contribution >= 0.6 is 23.2 Å². The van der Waals surface area contributed by atoms with E-state index >= 15 is 0 Å². The van der Waals surface area contributed by atoms with Crippen molar-refractivity contribution >= 4 is 39.7 Å². The molecule has 0 atom stereocenters. The fourth-order valence-electron chi connectivity index (χ4n) is 4.31. The van der Waals surface area contributed by atoms with E-state index in [9.17, 15) is 0 Å². The summed E-state index contributed by atoms with van der Waals surface area (Å²) >= 11 is 12.6. The Hall–Kier alpha value is -2.00. The van der Waals surface area contributed by atoms with Gasteiger partial charge >= 0.3 is 0 Å². The van der Waals surface area contributed by atoms with Crippen molar-refractivity contribution in [1.82, 2.24) is 9.88 Å². The van der Waals surface area contributed by atoms with Gasteiger partial charge in [-0.2, -0.15) is 0 Å². The average molecular weight is 425 g/mol. The van der Waals surface area contributed by atoms with E-state index in [1.807, 2.05) is 24.4 Å². The van der Waals surface area contributed by atoms with E-state index in [-0.39, 0.29) is 0 Å². The minimum Gasteiger partial charge on any atom is -0.361 e. The van der Waals surface area contributed by atoms with Crippen molar-refractivity contribution in [1.29, 1.82) is 0 Å². The molecule has 1 aromatic heterocycles. The Bertz CT molecular complexity index is 1090. The van der Waals surface area contributed by atoms with Crippen molar-refractivity contribution in [2.24, 2.45) is 0 Å². The molecule has 0 amide bonds. The summed E-state index contributed by atoms with van der Waals surface area (Å²) in [5.41, 5.74) is 7.94. The van der Waals surface area contributed by atoms with Gasteiger partial charge in [-0.15, -0.1) is 0 Å². The Morgan fingerprint density at radius 3 is 2.79 bits per heavy atom. The zero-order valence-corrected chi connectivity index (χ0v) is 18.4. The summed E-state index contributed by atoms with van der Waals surface area (Å²) in [4.78, 5) is 5.76. The summed E-state index contributed by atoms with van der Waals surface area (Å²) < 4.78 is 0. The zero-order chi connectivity index (χ0) is 20.4. The number of H-pyrrole nitrogens is 1. The Balaban J connectivity index is 1.69. The number of fused-ring (bicyclic) bond motifs is 1. The molecule has 1 aliphatic heterocycles. The number of hydrogen-bond donors (Lipinski definition) is 1. The molecule has 1 N–H and O–H groups in total. The summed E-state index contributed by atoms with van der Waals surface area (Å²) in [6.45, 7) is 7.18. The smallest absolute Gasteiger partial charge is 0.0454 e. The van der Waals surface area contributed by atoms with Gasteiger partial charge in [-0.25, -0.2) is 0 Å². The number of aromatic amines is 1. The van der Waals surface area contributed by atoms with Crippen LogP contribution in [0.5, 0.6) is 0 Å². The molecule has 1 aliphatic rings. The molecule has 2 heterocycles. The van der Waals surface area contributed by atoms with Crippen molar-refractivity contribution < 1.29 is 0 Å². The number of aromatic nitrogens is 1. The number of piperidine rings is 1. The lowest BCUT2D eigenvalue weighted by Crippen LogP contribution is -2.32. The molecule has 0 radical (unpaired) electrons. The summed E-state index contributed by atoms with van der Waals surface area (Å²) in [5, 5.41) is 2.78. The maximum Gasteiger partial charge on any atom is 0.0454 e. The molecule has 2 nitrogen and oxygen atoms in total. The summed E-state index contributed by atoms with van der Waals surface area (Å²) in [5.74, 6) is 0. The third-order valence-corrected chi connectivity index (χ3v) is 6.44. The topological polar surface area (TPSA) is 19.0 Å². The maximum atomic E-state index is 6.43. The van der Waals surface area contributed by atoms with E-state index in [4.69, 9.17) is 23.2 Å². The Morgan fingerprint density at radius 2 is 2.00 bits per heavy atom. The van der Waals surface area contributed by atoms with Crippen molar-refractivity contribution in [3.63, 3.8) is 0 Å². The lowest BCUT2D eigenvalue weighted by atomic mass is 9.88. The zero-order valence-electron chi connectivity index (χ0n) is 16.9. The van der Waals surface area contributed by atoms with Crippen LogP contribution in [0.2, 0.25) is 10.0 Å². The van der Waals surface area contributed by atoms with Gasteiger partial charge in [0.25, 0.3) is 0 Å². The fraction of sp³-hybridized carbons (Fsp3) is 0.280. The third kappa shape index (κ3) is 4.30. The standard InChI is InChI=1S/C25H26Cl2N2/c1-3-17-10-12-29(15-20-14-21(26)6-7-24(20)27)16-23(17)22(4-2)18-5-8-25-19(13-18)9-11-28-25/h3,5-9,11,13-14,28H,4,10,12,15-16H2,1-2H3/b17-3-,23-22+. The second kappa shape index (κ2) is 8.79. The minimum absolute atomic E-state index is 0.736. The molecule has 150 valence electrons. The highest BCUT2D eigenvalue weighted by molar-refractivity contribution is 6.33. The van der Waals surface area contributed by atoms with Gasteiger partial charge in [-0.05, 0) is 89.4 Å². The molecule has 0 aliphatic carbocycles. The SMILES string of the molecule is C/C=C1/CCN(Cc2cc(Cl)ccc2Cl)C/C1=C(/CC)c1ccc2[nH]ccc2c1. The lowest BCUT2D eigenvalue weighted by Gasteiger charge is -2.32. The molecule has 3 aromatic rings. The number of nitrogens with zero attached hydrogens (tertiary/aromatic N) is 1. The van der Waals surface area contributed by atoms with Gasteiger partial charge in [0.2, 0.25) is 0 Å². The molecule has 0 unspecified atom stereocenters. The lowest BCUT2D eigenvalue weighted by molar-refractivity contribution is 0.277. The molecule has 0 bridgehead atoms. The van der Waals surface area contributed by atoms with Crippen LogP contribution in [0.1, 0.15) is 37.8 Å². The van der Waals surface area contributed by atoms with E-state index in [0.29, 0.717) is 0 Å². The van der Waals surface area contributed by atoms with Gasteiger partial charge in [-0.1, -0.05) is 42.3 Å². The van der Waals surface area contributed by atoms with Crippen molar-refractivity contribution in [2.75, 3.05) is 13.1 Å². The molecule has 0 saturated carbocycles. The number of likely N-dealkylation sites (tertiary alicyclic amines) is 1. The second-order valence-corrected chi connectivity index (χ2v) is 8.44. The number of halogens is 2. The van der Waals surface area contributed by atoms with E-state index < -0.39 is 0 Å². The predicted molar refractivity (Wildman–Crippen MR) is 126 cm³/mol. The van der Waals surface area contributed by atoms with Gasteiger partial charge in [0.15, 0.2) is 0 Å². The first kappa shape index (κ1) is 20.3. The second-order valence-electron chi connectivity index (χ2n) is 7.60. The van der Waals surface area contributed by atoms with Crippen LogP contribution in [0.25, 0.3) is 16.5 Å². The molecule has 4 heteroatoms. The van der Waals surface area contributed by atoms with Crippen molar-refractivity contribution in [3.8, 4) is 0 Å². The fourth-order valence-corrected chi connectivity index (χ4v) is 4.69. The van der Waals surface area contributed by atoms with Gasteiger partial charge in [0.1, 0.15) is 0 Å². The molecular weight excluding hydrogens is 399 g/mol. The Kier molecular flexibility index (Phi) is 6.15. The molecule has 4 rings (SSSR count). The quantitative estimate of drug-likeness (QED) is 0.459. The predicted octanol–water partition coefficient (Wildman–Crippen LogP) is 7.49. The molecule has 2 aromatic carbocycles. The van der Waals surface area contributed by atoms with Crippen LogP contribution in [0.4, 0.5) is 0 Å². The number of hydrogen-bond acceptors (Lipinski definition) is 1. The first-order chi connectivity index (χ1) is 14.1.